The van der Waals surface area contributed by atoms with Gasteiger partial charge in [-0.1, -0.05) is 51.1 Å². The summed E-state index contributed by atoms with van der Waals surface area (Å²) in [6.07, 6.45) is 0.934. The molecule has 4 nitrogen and oxygen atoms in total. The van der Waals surface area contributed by atoms with Gasteiger partial charge >= 0.3 is 0 Å². The quantitative estimate of drug-likeness (QED) is 0.781. The number of nitrogens with one attached hydrogen (secondary N) is 1. The van der Waals surface area contributed by atoms with Crippen LogP contribution in [0.3, 0.4) is 0 Å². The van der Waals surface area contributed by atoms with Gasteiger partial charge in [0.25, 0.3) is 5.91 Å². The predicted octanol–water partition coefficient (Wildman–Crippen LogP) is 3.94. The highest BCUT2D eigenvalue weighted by Crippen LogP contribution is 2.15. The van der Waals surface area contributed by atoms with Crippen molar-refractivity contribution in [3.8, 4) is 0 Å². The fourth-order valence-electron chi connectivity index (χ4n) is 2.91. The molecule has 1 N–H and O–H groups in total. The number of aryl methyl sites for hydroxylation is 1. The van der Waals surface area contributed by atoms with Gasteiger partial charge in [0.15, 0.2) is 0 Å². The second-order valence-electron chi connectivity index (χ2n) is 7.16. The summed E-state index contributed by atoms with van der Waals surface area (Å²) in [4.78, 5) is 26.8. The number of carbonyl (C=O) groups excluding carboxylic acids is 2. The Kier molecular flexibility index (Phi) is 7.26. The molecule has 2 aromatic rings. The van der Waals surface area contributed by atoms with E-state index in [4.69, 9.17) is 0 Å². The van der Waals surface area contributed by atoms with E-state index in [1.165, 1.54) is 16.5 Å². The van der Waals surface area contributed by atoms with Crippen molar-refractivity contribution in [3.63, 3.8) is 0 Å². The van der Waals surface area contributed by atoms with E-state index in [1.807, 2.05) is 24.3 Å². The molecule has 1 atom stereocenters. The number of likely N-dealkylation sites (N-methyl/N-ethyl adjacent to an activating group) is 1. The molecule has 2 aromatic carbocycles. The second-order valence-corrected chi connectivity index (χ2v) is 7.16. The van der Waals surface area contributed by atoms with Crippen molar-refractivity contribution in [2.45, 2.75) is 39.8 Å². The van der Waals surface area contributed by atoms with Gasteiger partial charge in [0, 0.05) is 13.6 Å². The fraction of sp³-hybridized carbons (Fsp3) is 0.364. The van der Waals surface area contributed by atoms with Crippen molar-refractivity contribution in [2.75, 3.05) is 7.05 Å². The maximum Gasteiger partial charge on any atom is 0.257 e. The molecular weight excluding hydrogens is 362 g/mol. The van der Waals surface area contributed by atoms with Crippen LogP contribution in [0.5, 0.6) is 0 Å². The van der Waals surface area contributed by atoms with Crippen LogP contribution in [-0.4, -0.2) is 29.8 Å². The van der Waals surface area contributed by atoms with Gasteiger partial charge in [0.05, 0.1) is 0 Å². The maximum atomic E-state index is 13.9. The molecule has 150 valence electrons. The van der Waals surface area contributed by atoms with Gasteiger partial charge in [-0.2, -0.15) is 0 Å². The molecule has 0 radical (unpaired) electrons. The Morgan fingerprint density at radius 3 is 2.04 bits per heavy atom. The van der Waals surface area contributed by atoms with Crippen LogP contribution in [0.1, 0.15) is 42.3 Å². The predicted molar refractivity (Wildman–Crippen MR) is 105 cm³/mol. The molecule has 2 rings (SSSR count). The third-order valence-corrected chi connectivity index (χ3v) is 4.64. The first-order valence-electron chi connectivity index (χ1n) is 9.32. The largest absolute Gasteiger partial charge is 0.340 e. The van der Waals surface area contributed by atoms with Crippen LogP contribution < -0.4 is 5.32 Å². The Bertz CT molecular complexity index is 815. The van der Waals surface area contributed by atoms with Crippen LogP contribution in [0.4, 0.5) is 8.78 Å². The van der Waals surface area contributed by atoms with Crippen LogP contribution in [0.15, 0.2) is 42.5 Å². The van der Waals surface area contributed by atoms with Gasteiger partial charge < -0.3 is 10.2 Å². The van der Waals surface area contributed by atoms with Gasteiger partial charge in [-0.3, -0.25) is 9.59 Å². The SMILES string of the molecule is CCc1ccc(CN(C)C(=O)C(NC(=O)c2c(F)cccc2F)C(C)C)cc1. The molecule has 0 aliphatic rings. The first kappa shape index (κ1) is 21.5. The van der Waals surface area contributed by atoms with Crippen molar-refractivity contribution >= 4 is 11.8 Å². The van der Waals surface area contributed by atoms with Crippen molar-refractivity contribution < 1.29 is 18.4 Å². The number of hydrogen-bond acceptors (Lipinski definition) is 2. The summed E-state index contributed by atoms with van der Waals surface area (Å²) in [5.74, 6) is -3.44. The fourth-order valence-corrected chi connectivity index (χ4v) is 2.91. The Labute approximate surface area is 164 Å². The third kappa shape index (κ3) is 5.15. The lowest BCUT2D eigenvalue weighted by molar-refractivity contribution is -0.133. The van der Waals surface area contributed by atoms with E-state index < -0.39 is 29.1 Å². The topological polar surface area (TPSA) is 49.4 Å². The number of benzene rings is 2. The first-order valence-corrected chi connectivity index (χ1v) is 9.32. The van der Waals surface area contributed by atoms with Gasteiger partial charge in [0.2, 0.25) is 5.91 Å². The van der Waals surface area contributed by atoms with E-state index in [0.29, 0.717) is 6.54 Å². The molecule has 0 aliphatic carbocycles. The normalized spacial score (nSPS) is 12.0. The zero-order chi connectivity index (χ0) is 20.8. The van der Waals surface area contributed by atoms with Crippen LogP contribution in [-0.2, 0) is 17.8 Å². The summed E-state index contributed by atoms with van der Waals surface area (Å²) in [6, 6.07) is 10.2. The third-order valence-electron chi connectivity index (χ3n) is 4.64. The molecule has 28 heavy (non-hydrogen) atoms. The van der Waals surface area contributed by atoms with Gasteiger partial charge in [-0.25, -0.2) is 8.78 Å². The van der Waals surface area contributed by atoms with Crippen molar-refractivity contribution in [3.05, 3.63) is 70.8 Å². The molecule has 0 saturated carbocycles. The highest BCUT2D eigenvalue weighted by atomic mass is 19.1. The number of carbonyl (C=O) groups is 2. The molecule has 1 unspecified atom stereocenters. The number of halogens is 2. The molecular formula is C22H26F2N2O2. The first-order chi connectivity index (χ1) is 13.2. The number of amides is 2. The highest BCUT2D eigenvalue weighted by Gasteiger charge is 2.29. The summed E-state index contributed by atoms with van der Waals surface area (Å²) >= 11 is 0. The molecule has 0 bridgehead atoms. The number of rotatable bonds is 7. The zero-order valence-electron chi connectivity index (χ0n) is 16.6. The molecule has 0 spiro atoms. The van der Waals surface area contributed by atoms with Gasteiger partial charge in [-0.05, 0) is 35.6 Å². The van der Waals surface area contributed by atoms with E-state index in [2.05, 4.69) is 12.2 Å². The Morgan fingerprint density at radius 2 is 1.54 bits per heavy atom. The highest BCUT2D eigenvalue weighted by molar-refractivity contribution is 5.98. The van der Waals surface area contributed by atoms with Crippen LogP contribution in [0.25, 0.3) is 0 Å². The maximum absolute atomic E-state index is 13.9. The number of hydrogen-bond donors (Lipinski definition) is 1. The summed E-state index contributed by atoms with van der Waals surface area (Å²) in [7, 11) is 1.64. The van der Waals surface area contributed by atoms with Gasteiger partial charge in [-0.15, -0.1) is 0 Å². The van der Waals surface area contributed by atoms with Crippen LogP contribution in [0, 0.1) is 17.6 Å². The molecule has 0 heterocycles. The molecule has 0 aromatic heterocycles. The van der Waals surface area contributed by atoms with Crippen molar-refractivity contribution in [1.29, 1.82) is 0 Å². The molecule has 0 fully saturated rings. The minimum absolute atomic E-state index is 0.254. The van der Waals surface area contributed by atoms with Crippen molar-refractivity contribution in [2.24, 2.45) is 5.92 Å². The molecule has 0 aliphatic heterocycles. The van der Waals surface area contributed by atoms with E-state index in [0.717, 1.165) is 24.1 Å². The average Bonchev–Trinajstić information content (AvgIpc) is 2.65. The van der Waals surface area contributed by atoms with Gasteiger partial charge in [0.1, 0.15) is 23.2 Å². The molecule has 6 heteroatoms. The van der Waals surface area contributed by atoms with Crippen LogP contribution in [0.2, 0.25) is 0 Å². The number of nitrogens with zero attached hydrogens (tertiary/aromatic N) is 1. The lowest BCUT2D eigenvalue weighted by Crippen LogP contribution is -2.50. The summed E-state index contributed by atoms with van der Waals surface area (Å²) < 4.78 is 27.7. The molecule has 0 saturated heterocycles. The van der Waals surface area contributed by atoms with E-state index in [1.54, 1.807) is 20.9 Å². The van der Waals surface area contributed by atoms with E-state index >= 15 is 0 Å². The lowest BCUT2D eigenvalue weighted by atomic mass is 10.0. The molecule has 2 amide bonds. The van der Waals surface area contributed by atoms with E-state index in [9.17, 15) is 18.4 Å². The second kappa shape index (κ2) is 9.44. The van der Waals surface area contributed by atoms with Crippen molar-refractivity contribution in [1.82, 2.24) is 10.2 Å². The summed E-state index contributed by atoms with van der Waals surface area (Å²) in [5.41, 5.74) is 1.48. The summed E-state index contributed by atoms with van der Waals surface area (Å²) in [5, 5.41) is 2.49. The minimum Gasteiger partial charge on any atom is -0.340 e. The standard InChI is InChI=1S/C22H26F2N2O2/c1-5-15-9-11-16(12-10-15)13-26(4)22(28)20(14(2)3)25-21(27)19-17(23)7-6-8-18(19)24/h6-12,14,20H,5,13H2,1-4H3,(H,25,27). The average molecular weight is 388 g/mol. The monoisotopic (exact) mass is 388 g/mol. The Hall–Kier alpha value is -2.76. The Balaban J connectivity index is 2.13. The smallest absolute Gasteiger partial charge is 0.257 e. The van der Waals surface area contributed by atoms with Crippen LogP contribution >= 0.6 is 0 Å². The zero-order valence-corrected chi connectivity index (χ0v) is 16.6. The minimum atomic E-state index is -0.961. The lowest BCUT2D eigenvalue weighted by Gasteiger charge is -2.27. The summed E-state index contributed by atoms with van der Waals surface area (Å²) in [6.45, 7) is 5.98. The Morgan fingerprint density at radius 1 is 1.00 bits per heavy atom. The van der Waals surface area contributed by atoms with E-state index in [-0.39, 0.29) is 11.8 Å².